The summed E-state index contributed by atoms with van der Waals surface area (Å²) in [5.41, 5.74) is 0. The van der Waals surface area contributed by atoms with E-state index in [4.69, 9.17) is 5.11 Å². The van der Waals surface area contributed by atoms with Crippen LogP contribution in [0.3, 0.4) is 0 Å². The van der Waals surface area contributed by atoms with Crippen molar-refractivity contribution in [3.05, 3.63) is 18.2 Å². The van der Waals surface area contributed by atoms with Crippen molar-refractivity contribution < 1.29 is 5.11 Å². The van der Waals surface area contributed by atoms with Gasteiger partial charge in [0.25, 0.3) is 0 Å². The molecule has 4 heteroatoms. The van der Waals surface area contributed by atoms with Gasteiger partial charge in [0.05, 0.1) is 12.6 Å². The lowest BCUT2D eigenvalue weighted by Crippen LogP contribution is -2.43. The summed E-state index contributed by atoms with van der Waals surface area (Å²) in [6.07, 6.45) is 5.22. The summed E-state index contributed by atoms with van der Waals surface area (Å²) in [6.45, 7) is 0.768. The molecule has 1 aromatic rings. The van der Waals surface area contributed by atoms with E-state index in [1.165, 1.54) is 0 Å². The molecule has 12 heavy (non-hydrogen) atoms. The minimum Gasteiger partial charge on any atom is -0.393 e. The number of nitrogens with one attached hydrogen (secondary N) is 2. The Labute approximate surface area is 71.0 Å². The van der Waals surface area contributed by atoms with Crippen molar-refractivity contribution in [2.24, 2.45) is 0 Å². The SMILES string of the molecule is OC1CC(NCc2ncc[nH]2)C1. The van der Waals surface area contributed by atoms with E-state index in [-0.39, 0.29) is 6.10 Å². The molecule has 0 aliphatic heterocycles. The Hall–Kier alpha value is -0.870. The van der Waals surface area contributed by atoms with Crippen LogP contribution in [0.1, 0.15) is 18.7 Å². The van der Waals surface area contributed by atoms with Crippen molar-refractivity contribution in [2.75, 3.05) is 0 Å². The summed E-state index contributed by atoms with van der Waals surface area (Å²) >= 11 is 0. The molecule has 0 bridgehead atoms. The van der Waals surface area contributed by atoms with Gasteiger partial charge < -0.3 is 15.4 Å². The van der Waals surface area contributed by atoms with Crippen LogP contribution < -0.4 is 5.32 Å². The van der Waals surface area contributed by atoms with Crippen molar-refractivity contribution in [1.82, 2.24) is 15.3 Å². The molecule has 4 nitrogen and oxygen atoms in total. The second-order valence-corrected chi connectivity index (χ2v) is 3.24. The molecule has 0 aromatic carbocycles. The Bertz CT molecular complexity index is 228. The quantitative estimate of drug-likeness (QED) is 0.595. The number of H-pyrrole nitrogens is 1. The molecule has 1 saturated carbocycles. The second kappa shape index (κ2) is 3.25. The normalized spacial score (nSPS) is 28.4. The topological polar surface area (TPSA) is 60.9 Å². The predicted molar refractivity (Wildman–Crippen MR) is 44.5 cm³/mol. The molecule has 3 N–H and O–H groups in total. The van der Waals surface area contributed by atoms with E-state index in [1.807, 2.05) is 6.20 Å². The van der Waals surface area contributed by atoms with Gasteiger partial charge in [0.2, 0.25) is 0 Å². The highest BCUT2D eigenvalue weighted by molar-refractivity contribution is 4.90. The van der Waals surface area contributed by atoms with Gasteiger partial charge >= 0.3 is 0 Å². The summed E-state index contributed by atoms with van der Waals surface area (Å²) in [4.78, 5) is 7.10. The number of aliphatic hydroxyl groups is 1. The number of rotatable bonds is 3. The Kier molecular flexibility index (Phi) is 2.10. The molecule has 1 heterocycles. The molecule has 0 atom stereocenters. The Balaban J connectivity index is 1.70. The second-order valence-electron chi connectivity index (χ2n) is 3.24. The van der Waals surface area contributed by atoms with E-state index in [2.05, 4.69) is 15.3 Å². The monoisotopic (exact) mass is 167 g/mol. The van der Waals surface area contributed by atoms with Crippen LogP contribution in [0.5, 0.6) is 0 Å². The molecular weight excluding hydrogens is 154 g/mol. The van der Waals surface area contributed by atoms with Crippen LogP contribution >= 0.6 is 0 Å². The summed E-state index contributed by atoms with van der Waals surface area (Å²) in [6, 6.07) is 0.477. The van der Waals surface area contributed by atoms with Crippen molar-refractivity contribution >= 4 is 0 Å². The number of nitrogens with zero attached hydrogens (tertiary/aromatic N) is 1. The number of hydrogen-bond donors (Lipinski definition) is 3. The van der Waals surface area contributed by atoms with E-state index in [0.29, 0.717) is 6.04 Å². The van der Waals surface area contributed by atoms with Gasteiger partial charge in [0.15, 0.2) is 0 Å². The van der Waals surface area contributed by atoms with Crippen LogP contribution in [-0.2, 0) is 6.54 Å². The van der Waals surface area contributed by atoms with Gasteiger partial charge in [0.1, 0.15) is 5.82 Å². The number of aromatic nitrogens is 2. The average Bonchev–Trinajstić information content (AvgIpc) is 2.47. The van der Waals surface area contributed by atoms with Crippen molar-refractivity contribution in [3.63, 3.8) is 0 Å². The van der Waals surface area contributed by atoms with E-state index in [1.54, 1.807) is 6.20 Å². The molecule has 66 valence electrons. The molecule has 0 amide bonds. The van der Waals surface area contributed by atoms with Gasteiger partial charge in [-0.1, -0.05) is 0 Å². The predicted octanol–water partition coefficient (Wildman–Crippen LogP) is 0.0226. The fourth-order valence-corrected chi connectivity index (χ4v) is 1.39. The highest BCUT2D eigenvalue weighted by atomic mass is 16.3. The maximum absolute atomic E-state index is 9.01. The number of aromatic amines is 1. The minimum absolute atomic E-state index is 0.0842. The van der Waals surface area contributed by atoms with Crippen LogP contribution in [0, 0.1) is 0 Å². The third-order valence-corrected chi connectivity index (χ3v) is 2.23. The molecule has 0 radical (unpaired) electrons. The van der Waals surface area contributed by atoms with Gasteiger partial charge in [0, 0.05) is 18.4 Å². The Morgan fingerprint density at radius 2 is 2.50 bits per heavy atom. The van der Waals surface area contributed by atoms with Gasteiger partial charge in [-0.25, -0.2) is 4.98 Å². The summed E-state index contributed by atoms with van der Waals surface area (Å²) in [5, 5.41) is 12.3. The zero-order valence-corrected chi connectivity index (χ0v) is 6.83. The maximum Gasteiger partial charge on any atom is 0.120 e. The Morgan fingerprint density at radius 3 is 3.08 bits per heavy atom. The van der Waals surface area contributed by atoms with Crippen LogP contribution in [0.15, 0.2) is 12.4 Å². The lowest BCUT2D eigenvalue weighted by Gasteiger charge is -2.31. The van der Waals surface area contributed by atoms with E-state index < -0.39 is 0 Å². The number of imidazole rings is 1. The molecule has 1 aromatic heterocycles. The number of aliphatic hydroxyl groups excluding tert-OH is 1. The Morgan fingerprint density at radius 1 is 1.67 bits per heavy atom. The molecule has 1 aliphatic rings. The van der Waals surface area contributed by atoms with Crippen molar-refractivity contribution in [3.8, 4) is 0 Å². The first-order valence-corrected chi connectivity index (χ1v) is 4.24. The first-order valence-electron chi connectivity index (χ1n) is 4.24. The highest BCUT2D eigenvalue weighted by Gasteiger charge is 2.26. The molecule has 0 saturated heterocycles. The van der Waals surface area contributed by atoms with E-state index >= 15 is 0 Å². The van der Waals surface area contributed by atoms with Gasteiger partial charge in [-0.05, 0) is 12.8 Å². The molecule has 0 spiro atoms. The molecule has 2 rings (SSSR count). The lowest BCUT2D eigenvalue weighted by atomic mass is 9.89. The fourth-order valence-electron chi connectivity index (χ4n) is 1.39. The molecular formula is C8H13N3O. The average molecular weight is 167 g/mol. The van der Waals surface area contributed by atoms with Crippen LogP contribution in [0.4, 0.5) is 0 Å². The van der Waals surface area contributed by atoms with Gasteiger partial charge in [-0.3, -0.25) is 0 Å². The fraction of sp³-hybridized carbons (Fsp3) is 0.625. The highest BCUT2D eigenvalue weighted by Crippen LogP contribution is 2.19. The van der Waals surface area contributed by atoms with E-state index in [9.17, 15) is 0 Å². The van der Waals surface area contributed by atoms with Crippen LogP contribution in [0.25, 0.3) is 0 Å². The van der Waals surface area contributed by atoms with Crippen LogP contribution in [0.2, 0.25) is 0 Å². The molecule has 1 fully saturated rings. The first kappa shape index (κ1) is 7.76. The van der Waals surface area contributed by atoms with Crippen molar-refractivity contribution in [2.45, 2.75) is 31.5 Å². The van der Waals surface area contributed by atoms with Crippen LogP contribution in [-0.4, -0.2) is 27.2 Å². The van der Waals surface area contributed by atoms with Gasteiger partial charge in [-0.2, -0.15) is 0 Å². The first-order chi connectivity index (χ1) is 5.84. The smallest absolute Gasteiger partial charge is 0.120 e. The molecule has 1 aliphatic carbocycles. The largest absolute Gasteiger partial charge is 0.393 e. The molecule has 0 unspecified atom stereocenters. The van der Waals surface area contributed by atoms with E-state index in [0.717, 1.165) is 25.2 Å². The third-order valence-electron chi connectivity index (χ3n) is 2.23. The summed E-state index contributed by atoms with van der Waals surface area (Å²) in [7, 11) is 0. The summed E-state index contributed by atoms with van der Waals surface area (Å²) < 4.78 is 0. The zero-order chi connectivity index (χ0) is 8.39. The standard InChI is InChI=1S/C8H13N3O/c12-7-3-6(4-7)11-5-8-9-1-2-10-8/h1-2,6-7,11-12H,3-5H2,(H,9,10). The summed E-state index contributed by atoms with van der Waals surface area (Å²) in [5.74, 6) is 0.955. The number of hydrogen-bond acceptors (Lipinski definition) is 3. The minimum atomic E-state index is -0.0842. The van der Waals surface area contributed by atoms with Crippen molar-refractivity contribution in [1.29, 1.82) is 0 Å². The van der Waals surface area contributed by atoms with Gasteiger partial charge in [-0.15, -0.1) is 0 Å². The zero-order valence-electron chi connectivity index (χ0n) is 6.83. The third kappa shape index (κ3) is 1.65. The lowest BCUT2D eigenvalue weighted by molar-refractivity contribution is 0.0617. The maximum atomic E-state index is 9.01.